The van der Waals surface area contributed by atoms with Gasteiger partial charge in [0.25, 0.3) is 0 Å². The molecule has 7 heteroatoms. The number of phosphoric acid groups is 1. The first-order valence-corrected chi connectivity index (χ1v) is 2.35. The quantitative estimate of drug-likeness (QED) is 0.348. The van der Waals surface area contributed by atoms with Crippen LogP contribution in [0, 0.1) is 0 Å². The van der Waals surface area contributed by atoms with Crippen LogP contribution in [0.25, 0.3) is 0 Å². The van der Waals surface area contributed by atoms with Crippen LogP contribution in [0.1, 0.15) is 5.71 Å². The molecule has 0 aliphatic rings. The van der Waals surface area contributed by atoms with Gasteiger partial charge in [-0.05, 0) is 0 Å². The first kappa shape index (κ1) is 16.2. The van der Waals surface area contributed by atoms with Gasteiger partial charge in [0.05, 0.1) is 0 Å². The van der Waals surface area contributed by atoms with Crippen LogP contribution < -0.4 is 0 Å². The van der Waals surface area contributed by atoms with E-state index < -0.39 is 7.82 Å². The fraction of sp³-hybridized carbons (Fsp3) is 0. The molecule has 0 aromatic heterocycles. The molecule has 4 nitrogen and oxygen atoms in total. The molecule has 3 N–H and O–H groups in total. The minimum Gasteiger partial charge on any atom is -1.00 e. The Balaban J connectivity index is -0.00000000533. The van der Waals surface area contributed by atoms with Gasteiger partial charge in [-0.15, -0.1) is 0 Å². The molecule has 0 bridgehead atoms. The van der Waals surface area contributed by atoms with Gasteiger partial charge in [0.1, 0.15) is 0 Å². The van der Waals surface area contributed by atoms with Crippen molar-refractivity contribution in [1.82, 2.24) is 0 Å². The smallest absolute Gasteiger partial charge is 1.00 e. The number of rotatable bonds is 0. The van der Waals surface area contributed by atoms with Gasteiger partial charge in [-0.25, -0.2) is 4.57 Å². The van der Waals surface area contributed by atoms with Crippen LogP contribution in [-0.2, 0) is 4.57 Å². The second-order valence-electron chi connectivity index (χ2n) is 0.513. The van der Waals surface area contributed by atoms with Crippen molar-refractivity contribution in [3.63, 3.8) is 0 Å². The van der Waals surface area contributed by atoms with Crippen molar-refractivity contribution in [3.05, 3.63) is 0 Å². The van der Waals surface area contributed by atoms with E-state index in [9.17, 15) is 0 Å². The van der Waals surface area contributed by atoms with Crippen LogP contribution >= 0.6 is 7.82 Å². The standard InChI is InChI=1S/Mg.H3O4P.Sr.4H/c;1-5(2,3)4;;;;;/h;(H3,1,2,3,4);;;;;/q+2;;+2;4*-1. The van der Waals surface area contributed by atoms with Crippen LogP contribution in [-0.4, -0.2) is 83.2 Å². The van der Waals surface area contributed by atoms with E-state index >= 15 is 0 Å². The summed E-state index contributed by atoms with van der Waals surface area (Å²) < 4.78 is 8.88. The molecule has 0 aromatic rings. The summed E-state index contributed by atoms with van der Waals surface area (Å²) in [5.74, 6) is 0. The Morgan fingerprint density at radius 2 is 1.29 bits per heavy atom. The molecule has 0 spiro atoms. The monoisotopic (exact) mass is 214 g/mol. The van der Waals surface area contributed by atoms with Crippen molar-refractivity contribution in [2.45, 2.75) is 0 Å². The fourth-order valence-corrected chi connectivity index (χ4v) is 0. The molecule has 0 aliphatic heterocycles. The van der Waals surface area contributed by atoms with Gasteiger partial charge in [-0.2, -0.15) is 0 Å². The van der Waals surface area contributed by atoms with E-state index in [1.165, 1.54) is 0 Å². The third-order valence-electron chi connectivity index (χ3n) is 0. The molecule has 0 atom stereocenters. The molecule has 7 heavy (non-hydrogen) atoms. The Morgan fingerprint density at radius 1 is 1.29 bits per heavy atom. The topological polar surface area (TPSA) is 77.8 Å². The molecule has 0 unspecified atom stereocenters. The van der Waals surface area contributed by atoms with Crippen LogP contribution in [0.4, 0.5) is 0 Å². The fourth-order valence-electron chi connectivity index (χ4n) is 0. The van der Waals surface area contributed by atoms with Gasteiger partial charge in [0.2, 0.25) is 0 Å². The molecular formula is H7MgO4PSr. The maximum absolute atomic E-state index is 8.88. The van der Waals surface area contributed by atoms with E-state index in [1.54, 1.807) is 0 Å². The molecule has 0 radical (unpaired) electrons. The SMILES string of the molecule is O=P(O)(O)O.[H-].[H-].[H-].[H-].[Mg+2].[Sr+2]. The molecule has 0 aromatic carbocycles. The molecule has 0 saturated carbocycles. The van der Waals surface area contributed by atoms with Crippen molar-refractivity contribution in [1.29, 1.82) is 0 Å². The first-order valence-electron chi connectivity index (χ1n) is 0.783. The zero-order chi connectivity index (χ0) is 4.50. The summed E-state index contributed by atoms with van der Waals surface area (Å²) in [6.45, 7) is 0. The second-order valence-corrected chi connectivity index (χ2v) is 1.54. The van der Waals surface area contributed by atoms with Crippen molar-refractivity contribution in [2.24, 2.45) is 0 Å². The van der Waals surface area contributed by atoms with Crippen molar-refractivity contribution >= 4 is 76.4 Å². The zero-order valence-electron chi connectivity index (χ0n) is 7.61. The van der Waals surface area contributed by atoms with Gasteiger partial charge in [0.15, 0.2) is 0 Å². The molecule has 0 aliphatic carbocycles. The largest absolute Gasteiger partial charge is 2.00 e. The second kappa shape index (κ2) is 6.48. The average molecular weight is 214 g/mol. The van der Waals surface area contributed by atoms with Crippen molar-refractivity contribution < 1.29 is 25.0 Å². The van der Waals surface area contributed by atoms with E-state index in [4.69, 9.17) is 19.2 Å². The summed E-state index contributed by atoms with van der Waals surface area (Å²) in [5, 5.41) is 0. The summed E-state index contributed by atoms with van der Waals surface area (Å²) in [6, 6.07) is 0. The third kappa shape index (κ3) is 60.8. The Kier molecular flexibility index (Phi) is 15.0. The molecule has 0 saturated heterocycles. The Hall–Kier alpha value is 2.36. The summed E-state index contributed by atoms with van der Waals surface area (Å²) in [4.78, 5) is 21.6. The minimum atomic E-state index is -4.64. The van der Waals surface area contributed by atoms with Gasteiger partial charge in [-0.3, -0.25) is 0 Å². The van der Waals surface area contributed by atoms with E-state index in [1.807, 2.05) is 0 Å². The Bertz CT molecular complexity index is 68.2. The predicted octanol–water partition coefficient (Wildman–Crippen LogP) is -1.24. The maximum atomic E-state index is 8.88. The summed E-state index contributed by atoms with van der Waals surface area (Å²) in [5.41, 5.74) is 0. The van der Waals surface area contributed by atoms with Gasteiger partial charge in [0, 0.05) is 0 Å². The van der Waals surface area contributed by atoms with E-state index in [-0.39, 0.29) is 74.2 Å². The molecule has 0 amide bonds. The predicted molar refractivity (Wildman–Crippen MR) is 30.2 cm³/mol. The van der Waals surface area contributed by atoms with Crippen LogP contribution in [0.3, 0.4) is 0 Å². The van der Waals surface area contributed by atoms with Crippen molar-refractivity contribution in [3.8, 4) is 0 Å². The minimum absolute atomic E-state index is 0. The normalized spacial score (nSPS) is 8.43. The summed E-state index contributed by atoms with van der Waals surface area (Å²) in [7, 11) is -4.64. The molecule has 0 heterocycles. The van der Waals surface area contributed by atoms with E-state index in [0.717, 1.165) is 0 Å². The zero-order valence-corrected chi connectivity index (χ0v) is 9.40. The van der Waals surface area contributed by atoms with Crippen LogP contribution in [0.2, 0.25) is 0 Å². The average Bonchev–Trinajstić information content (AvgIpc) is 0.722. The number of hydrogen-bond donors (Lipinski definition) is 3. The van der Waals surface area contributed by atoms with Crippen LogP contribution in [0.15, 0.2) is 0 Å². The Morgan fingerprint density at radius 3 is 1.29 bits per heavy atom. The third-order valence-corrected chi connectivity index (χ3v) is 0. The van der Waals surface area contributed by atoms with Gasteiger partial charge < -0.3 is 20.4 Å². The van der Waals surface area contributed by atoms with Crippen LogP contribution in [0.5, 0.6) is 0 Å². The molecule has 0 fully saturated rings. The molecular weight excluding hydrogens is 207 g/mol. The Labute approximate surface area is 99.9 Å². The molecule has 0 rings (SSSR count). The summed E-state index contributed by atoms with van der Waals surface area (Å²) >= 11 is 0. The van der Waals surface area contributed by atoms with E-state index in [2.05, 4.69) is 0 Å². The van der Waals surface area contributed by atoms with Crippen molar-refractivity contribution in [2.75, 3.05) is 0 Å². The summed E-state index contributed by atoms with van der Waals surface area (Å²) in [6.07, 6.45) is 0. The van der Waals surface area contributed by atoms with Gasteiger partial charge >= 0.3 is 76.4 Å². The van der Waals surface area contributed by atoms with E-state index in [0.29, 0.717) is 0 Å². The van der Waals surface area contributed by atoms with Gasteiger partial charge in [-0.1, -0.05) is 0 Å². The first-order chi connectivity index (χ1) is 2.00. The number of hydrogen-bond acceptors (Lipinski definition) is 1. The molecule has 40 valence electrons. The maximum Gasteiger partial charge on any atom is 2.00 e.